The van der Waals surface area contributed by atoms with Crippen LogP contribution in [-0.4, -0.2) is 18.2 Å². The zero-order valence-corrected chi connectivity index (χ0v) is 9.82. The highest BCUT2D eigenvalue weighted by Gasteiger charge is 1.99. The highest BCUT2D eigenvalue weighted by atomic mass is 79.9. The second kappa shape index (κ2) is 5.56. The molecule has 0 unspecified atom stereocenters. The normalized spacial score (nSPS) is 10.5. The Labute approximate surface area is 96.5 Å². The molecule has 1 aromatic rings. The number of phenolic OH excluding ortho intramolecular Hbond substituents is 1. The zero-order valence-electron chi connectivity index (χ0n) is 8.24. The summed E-state index contributed by atoms with van der Waals surface area (Å²) in [5.74, 6) is -0.125. The third-order valence-electron chi connectivity index (χ3n) is 1.80. The van der Waals surface area contributed by atoms with Crippen LogP contribution in [0, 0.1) is 0 Å². The summed E-state index contributed by atoms with van der Waals surface area (Å²) in [7, 11) is 1.34. The van der Waals surface area contributed by atoms with E-state index in [1.807, 2.05) is 0 Å². The summed E-state index contributed by atoms with van der Waals surface area (Å²) in [4.78, 5) is 10.8. The summed E-state index contributed by atoms with van der Waals surface area (Å²) in [6.45, 7) is 0. The maximum absolute atomic E-state index is 10.8. The van der Waals surface area contributed by atoms with E-state index in [-0.39, 0.29) is 18.1 Å². The van der Waals surface area contributed by atoms with Crippen LogP contribution in [0.5, 0.6) is 5.75 Å². The molecule has 3 nitrogen and oxygen atoms in total. The van der Waals surface area contributed by atoms with Crippen molar-refractivity contribution in [2.24, 2.45) is 0 Å². The van der Waals surface area contributed by atoms with E-state index >= 15 is 0 Å². The van der Waals surface area contributed by atoms with Crippen molar-refractivity contribution in [1.82, 2.24) is 0 Å². The minimum absolute atomic E-state index is 0.180. The lowest BCUT2D eigenvalue weighted by Crippen LogP contribution is -1.96. The number of aromatic hydroxyl groups is 1. The average molecular weight is 271 g/mol. The number of rotatable bonds is 3. The molecule has 1 rings (SSSR count). The number of phenols is 1. The van der Waals surface area contributed by atoms with Crippen molar-refractivity contribution in [2.45, 2.75) is 6.42 Å². The Bertz CT molecular complexity index is 385. The Morgan fingerprint density at radius 1 is 1.60 bits per heavy atom. The Morgan fingerprint density at radius 3 is 3.00 bits per heavy atom. The van der Waals surface area contributed by atoms with Gasteiger partial charge >= 0.3 is 5.97 Å². The first-order chi connectivity index (χ1) is 7.13. The molecule has 0 aliphatic rings. The van der Waals surface area contributed by atoms with Crippen LogP contribution in [0.1, 0.15) is 12.0 Å². The molecule has 0 aromatic heterocycles. The quantitative estimate of drug-likeness (QED) is 0.860. The number of methoxy groups -OCH3 is 1. The lowest BCUT2D eigenvalue weighted by Gasteiger charge is -1.99. The molecule has 0 atom stereocenters. The van der Waals surface area contributed by atoms with Gasteiger partial charge < -0.3 is 9.84 Å². The van der Waals surface area contributed by atoms with E-state index < -0.39 is 0 Å². The largest absolute Gasteiger partial charge is 0.507 e. The number of carbonyl (C=O) groups is 1. The van der Waals surface area contributed by atoms with Crippen LogP contribution in [0.4, 0.5) is 0 Å². The Hall–Kier alpha value is -1.29. The van der Waals surface area contributed by atoms with Crippen LogP contribution in [0.15, 0.2) is 28.7 Å². The van der Waals surface area contributed by atoms with Crippen LogP contribution < -0.4 is 0 Å². The monoisotopic (exact) mass is 270 g/mol. The van der Waals surface area contributed by atoms with Crippen LogP contribution >= 0.6 is 15.9 Å². The number of esters is 1. The molecular weight excluding hydrogens is 260 g/mol. The van der Waals surface area contributed by atoms with Gasteiger partial charge in [0.15, 0.2) is 0 Å². The Kier molecular flexibility index (Phi) is 4.37. The number of benzene rings is 1. The highest BCUT2D eigenvalue weighted by molar-refractivity contribution is 9.10. The van der Waals surface area contributed by atoms with E-state index in [1.54, 1.807) is 30.4 Å². The van der Waals surface area contributed by atoms with Gasteiger partial charge in [0.25, 0.3) is 0 Å². The van der Waals surface area contributed by atoms with E-state index in [0.29, 0.717) is 5.56 Å². The molecule has 0 aliphatic carbocycles. The lowest BCUT2D eigenvalue weighted by atomic mass is 10.2. The summed E-state index contributed by atoms with van der Waals surface area (Å²) >= 11 is 3.29. The van der Waals surface area contributed by atoms with Gasteiger partial charge in [0.1, 0.15) is 5.75 Å². The average Bonchev–Trinajstić information content (AvgIpc) is 2.23. The fourth-order valence-electron chi connectivity index (χ4n) is 1.02. The summed E-state index contributed by atoms with van der Waals surface area (Å²) in [5, 5.41) is 9.47. The minimum atomic E-state index is -0.305. The van der Waals surface area contributed by atoms with E-state index in [1.165, 1.54) is 7.11 Å². The van der Waals surface area contributed by atoms with E-state index in [2.05, 4.69) is 20.7 Å². The Balaban J connectivity index is 2.71. The standard InChI is InChI=1S/C11H11BrO3/c1-15-11(14)4-2-3-8-7-9(12)5-6-10(8)13/h2-3,5-7,13H,4H2,1H3. The van der Waals surface area contributed by atoms with Gasteiger partial charge in [-0.05, 0) is 18.2 Å². The molecular formula is C11H11BrO3. The predicted molar refractivity (Wildman–Crippen MR) is 61.5 cm³/mol. The first kappa shape index (κ1) is 11.8. The summed E-state index contributed by atoms with van der Waals surface area (Å²) < 4.78 is 5.35. The SMILES string of the molecule is COC(=O)CC=Cc1cc(Br)ccc1O. The van der Waals surface area contributed by atoms with Crippen molar-refractivity contribution in [3.05, 3.63) is 34.3 Å². The van der Waals surface area contributed by atoms with Crippen LogP contribution in [0.25, 0.3) is 6.08 Å². The van der Waals surface area contributed by atoms with Gasteiger partial charge in [0.05, 0.1) is 13.5 Å². The fraction of sp³-hybridized carbons (Fsp3) is 0.182. The van der Waals surface area contributed by atoms with Gasteiger partial charge in [0, 0.05) is 10.0 Å². The maximum Gasteiger partial charge on any atom is 0.309 e. The molecule has 0 saturated heterocycles. The number of hydrogen-bond acceptors (Lipinski definition) is 3. The summed E-state index contributed by atoms with van der Waals surface area (Å²) in [5.41, 5.74) is 0.660. The topological polar surface area (TPSA) is 46.5 Å². The van der Waals surface area contributed by atoms with E-state index in [4.69, 9.17) is 0 Å². The molecule has 0 fully saturated rings. The summed E-state index contributed by atoms with van der Waals surface area (Å²) in [6.07, 6.45) is 3.52. The van der Waals surface area contributed by atoms with Gasteiger partial charge in [-0.25, -0.2) is 0 Å². The molecule has 80 valence electrons. The molecule has 0 heterocycles. The molecule has 1 N–H and O–H groups in total. The predicted octanol–water partition coefficient (Wildman–Crippen LogP) is 2.73. The number of halogens is 1. The molecule has 4 heteroatoms. The minimum Gasteiger partial charge on any atom is -0.507 e. The second-order valence-electron chi connectivity index (χ2n) is 2.89. The van der Waals surface area contributed by atoms with Crippen LogP contribution in [0.2, 0.25) is 0 Å². The fourth-order valence-corrected chi connectivity index (χ4v) is 1.40. The van der Waals surface area contributed by atoms with Gasteiger partial charge in [-0.15, -0.1) is 0 Å². The van der Waals surface area contributed by atoms with Crippen molar-refractivity contribution in [1.29, 1.82) is 0 Å². The van der Waals surface area contributed by atoms with Crippen molar-refractivity contribution in [2.75, 3.05) is 7.11 Å². The molecule has 15 heavy (non-hydrogen) atoms. The van der Waals surface area contributed by atoms with Gasteiger partial charge in [-0.2, -0.15) is 0 Å². The maximum atomic E-state index is 10.8. The van der Waals surface area contributed by atoms with E-state index in [0.717, 1.165) is 4.47 Å². The third kappa shape index (κ3) is 3.75. The molecule has 0 saturated carbocycles. The highest BCUT2D eigenvalue weighted by Crippen LogP contribution is 2.23. The first-order valence-electron chi connectivity index (χ1n) is 4.35. The van der Waals surface area contributed by atoms with Gasteiger partial charge in [-0.3, -0.25) is 4.79 Å². The molecule has 0 spiro atoms. The molecule has 1 aromatic carbocycles. The van der Waals surface area contributed by atoms with Crippen molar-refractivity contribution in [3.8, 4) is 5.75 Å². The van der Waals surface area contributed by atoms with Crippen molar-refractivity contribution in [3.63, 3.8) is 0 Å². The molecule has 0 radical (unpaired) electrons. The van der Waals surface area contributed by atoms with Gasteiger partial charge in [-0.1, -0.05) is 28.1 Å². The lowest BCUT2D eigenvalue weighted by molar-refractivity contribution is -0.139. The Morgan fingerprint density at radius 2 is 2.33 bits per heavy atom. The van der Waals surface area contributed by atoms with Crippen LogP contribution in [-0.2, 0) is 9.53 Å². The summed E-state index contributed by atoms with van der Waals surface area (Å²) in [6, 6.07) is 5.10. The number of hydrogen-bond donors (Lipinski definition) is 1. The van der Waals surface area contributed by atoms with Crippen molar-refractivity contribution >= 4 is 28.0 Å². The number of ether oxygens (including phenoxy) is 1. The van der Waals surface area contributed by atoms with Crippen molar-refractivity contribution < 1.29 is 14.6 Å². The second-order valence-corrected chi connectivity index (χ2v) is 3.80. The molecule has 0 aliphatic heterocycles. The van der Waals surface area contributed by atoms with E-state index in [9.17, 15) is 9.90 Å². The molecule has 0 amide bonds. The van der Waals surface area contributed by atoms with Gasteiger partial charge in [0.2, 0.25) is 0 Å². The first-order valence-corrected chi connectivity index (χ1v) is 5.14. The molecule has 0 bridgehead atoms. The third-order valence-corrected chi connectivity index (χ3v) is 2.29. The van der Waals surface area contributed by atoms with Crippen LogP contribution in [0.3, 0.4) is 0 Å². The zero-order chi connectivity index (χ0) is 11.3. The number of carbonyl (C=O) groups excluding carboxylic acids is 1. The smallest absolute Gasteiger partial charge is 0.309 e.